The van der Waals surface area contributed by atoms with Gasteiger partial charge in [0.1, 0.15) is 0 Å². The highest BCUT2D eigenvalue weighted by Gasteiger charge is 2.51. The van der Waals surface area contributed by atoms with E-state index in [0.717, 1.165) is 24.3 Å². The van der Waals surface area contributed by atoms with Gasteiger partial charge in [-0.25, -0.2) is 0 Å². The molecule has 2 radical (unpaired) electrons. The molecular formula is C20H34BNS. The molecule has 1 saturated heterocycles. The second-order valence-electron chi connectivity index (χ2n) is 9.48. The van der Waals surface area contributed by atoms with E-state index in [9.17, 15) is 0 Å². The molecule has 0 aromatic carbocycles. The van der Waals surface area contributed by atoms with Crippen LogP contribution in [-0.2, 0) is 0 Å². The normalized spacial score (nSPS) is 44.4. The average molecular weight is 331 g/mol. The zero-order valence-electron chi connectivity index (χ0n) is 15.7. The van der Waals surface area contributed by atoms with Crippen LogP contribution in [0.5, 0.6) is 0 Å². The number of piperidine rings is 1. The first-order valence-electron chi connectivity index (χ1n) is 9.80. The highest BCUT2D eigenvalue weighted by Crippen LogP contribution is 2.58. The van der Waals surface area contributed by atoms with Crippen LogP contribution >= 0.6 is 12.2 Å². The van der Waals surface area contributed by atoms with Crippen molar-refractivity contribution in [2.75, 3.05) is 6.54 Å². The predicted octanol–water partition coefficient (Wildman–Crippen LogP) is 5.10. The molecule has 0 aromatic heterocycles. The molecule has 3 heteroatoms. The second-order valence-corrected chi connectivity index (χ2v) is 9.90. The Morgan fingerprint density at radius 1 is 1.13 bits per heavy atom. The molecule has 3 aliphatic rings. The SMILES string of the molecule is [B]C1CC2CC2CC2C(=S)N(C(C)C)CCC2C(C)(C(C)C)C1. The fraction of sp³-hybridized carbons (Fsp3) is 0.950. The molecule has 0 N–H and O–H groups in total. The largest absolute Gasteiger partial charge is 0.363 e. The van der Waals surface area contributed by atoms with Crippen molar-refractivity contribution in [3.63, 3.8) is 0 Å². The van der Waals surface area contributed by atoms with E-state index in [4.69, 9.17) is 20.1 Å². The minimum absolute atomic E-state index is 0.327. The summed E-state index contributed by atoms with van der Waals surface area (Å²) in [6.07, 6.45) is 6.44. The summed E-state index contributed by atoms with van der Waals surface area (Å²) in [6, 6.07) is 0.540. The van der Waals surface area contributed by atoms with Gasteiger partial charge >= 0.3 is 0 Å². The Morgan fingerprint density at radius 2 is 1.78 bits per heavy atom. The van der Waals surface area contributed by atoms with Gasteiger partial charge in [0.05, 0.1) is 12.8 Å². The first-order chi connectivity index (χ1) is 10.7. The smallest absolute Gasteiger partial charge is 0.0816 e. The Labute approximate surface area is 150 Å². The summed E-state index contributed by atoms with van der Waals surface area (Å²) in [4.78, 5) is 3.77. The van der Waals surface area contributed by atoms with Crippen LogP contribution in [0, 0.1) is 35.0 Å². The Morgan fingerprint density at radius 3 is 2.39 bits per heavy atom. The van der Waals surface area contributed by atoms with Gasteiger partial charge in [-0.1, -0.05) is 51.6 Å². The van der Waals surface area contributed by atoms with Crippen LogP contribution in [-0.4, -0.2) is 30.3 Å². The van der Waals surface area contributed by atoms with Crippen molar-refractivity contribution in [3.8, 4) is 0 Å². The highest BCUT2D eigenvalue weighted by atomic mass is 32.1. The lowest BCUT2D eigenvalue weighted by molar-refractivity contribution is 0.0407. The maximum absolute atomic E-state index is 6.59. The topological polar surface area (TPSA) is 3.24 Å². The van der Waals surface area contributed by atoms with Gasteiger partial charge in [0.25, 0.3) is 0 Å². The molecule has 1 heterocycles. The quantitative estimate of drug-likeness (QED) is 0.511. The summed E-state index contributed by atoms with van der Waals surface area (Å²) in [5.41, 5.74) is 0.327. The van der Waals surface area contributed by atoms with Crippen molar-refractivity contribution in [1.82, 2.24) is 4.90 Å². The molecule has 3 rings (SSSR count). The predicted molar refractivity (Wildman–Crippen MR) is 104 cm³/mol. The van der Waals surface area contributed by atoms with E-state index in [0.29, 0.717) is 29.1 Å². The third-order valence-corrected chi connectivity index (χ3v) is 8.03. The van der Waals surface area contributed by atoms with Crippen molar-refractivity contribution in [3.05, 3.63) is 0 Å². The standard InChI is InChI=1S/C20H34BNS/c1-12(2)20(5)11-16(21)9-14-8-15(14)10-17-18(20)6-7-22(13(3)4)19(17)23/h12-18H,6-11H2,1-5H3. The lowest BCUT2D eigenvalue weighted by atomic mass is 9.56. The number of thiocarbonyl (C=S) groups is 1. The zero-order chi connectivity index (χ0) is 16.9. The fourth-order valence-electron chi connectivity index (χ4n) is 5.61. The monoisotopic (exact) mass is 331 g/mol. The van der Waals surface area contributed by atoms with Crippen LogP contribution in [0.1, 0.15) is 66.7 Å². The van der Waals surface area contributed by atoms with Gasteiger partial charge in [-0.15, -0.1) is 0 Å². The number of nitrogens with zero attached hydrogens (tertiary/aromatic N) is 1. The van der Waals surface area contributed by atoms with E-state index in [1.54, 1.807) is 0 Å². The molecule has 3 fully saturated rings. The highest BCUT2D eigenvalue weighted by molar-refractivity contribution is 7.80. The zero-order valence-corrected chi connectivity index (χ0v) is 16.5. The third-order valence-electron chi connectivity index (χ3n) is 7.49. The van der Waals surface area contributed by atoms with E-state index in [1.807, 2.05) is 0 Å². The van der Waals surface area contributed by atoms with Crippen LogP contribution in [0.4, 0.5) is 0 Å². The molecule has 2 aliphatic carbocycles. The second kappa shape index (κ2) is 6.35. The average Bonchev–Trinajstić information content (AvgIpc) is 3.16. The van der Waals surface area contributed by atoms with E-state index in [2.05, 4.69) is 39.5 Å². The van der Waals surface area contributed by atoms with Gasteiger partial charge in [0.2, 0.25) is 0 Å². The van der Waals surface area contributed by atoms with Gasteiger partial charge in [-0.3, -0.25) is 0 Å². The fourth-order valence-corrected chi connectivity index (χ4v) is 6.17. The Balaban J connectivity index is 1.93. The Hall–Kier alpha value is -0.0451. The van der Waals surface area contributed by atoms with E-state index in [1.165, 1.54) is 37.1 Å². The lowest BCUT2D eigenvalue weighted by Gasteiger charge is -2.52. The summed E-state index contributed by atoms with van der Waals surface area (Å²) < 4.78 is 0. The molecule has 2 saturated carbocycles. The maximum atomic E-state index is 6.59. The van der Waals surface area contributed by atoms with Crippen molar-refractivity contribution >= 4 is 25.1 Å². The van der Waals surface area contributed by atoms with Crippen LogP contribution in [0.15, 0.2) is 0 Å². The molecule has 6 atom stereocenters. The summed E-state index contributed by atoms with van der Waals surface area (Å²) in [5, 5.41) is 0. The third kappa shape index (κ3) is 3.24. The van der Waals surface area contributed by atoms with Gasteiger partial charge in [-0.2, -0.15) is 0 Å². The van der Waals surface area contributed by atoms with E-state index in [-0.39, 0.29) is 0 Å². The first kappa shape index (κ1) is 17.8. The summed E-state index contributed by atoms with van der Waals surface area (Å²) >= 11 is 6.03. The minimum atomic E-state index is 0.327. The van der Waals surface area contributed by atoms with E-state index < -0.39 is 0 Å². The maximum Gasteiger partial charge on any atom is 0.0816 e. The summed E-state index contributed by atoms with van der Waals surface area (Å²) in [6.45, 7) is 13.0. The first-order valence-corrected chi connectivity index (χ1v) is 10.2. The molecule has 1 aliphatic heterocycles. The van der Waals surface area contributed by atoms with Crippen molar-refractivity contribution in [1.29, 1.82) is 0 Å². The molecule has 23 heavy (non-hydrogen) atoms. The number of rotatable bonds is 2. The van der Waals surface area contributed by atoms with Crippen molar-refractivity contribution in [2.24, 2.45) is 35.0 Å². The lowest BCUT2D eigenvalue weighted by Crippen LogP contribution is -2.52. The van der Waals surface area contributed by atoms with Crippen LogP contribution < -0.4 is 0 Å². The number of fused-ring (bicyclic) bond motifs is 2. The number of likely N-dealkylation sites (tertiary alicyclic amines) is 1. The molecular weight excluding hydrogens is 297 g/mol. The van der Waals surface area contributed by atoms with Crippen molar-refractivity contribution < 1.29 is 0 Å². The molecule has 0 bridgehead atoms. The van der Waals surface area contributed by atoms with Crippen LogP contribution in [0.25, 0.3) is 0 Å². The Kier molecular flexibility index (Phi) is 4.91. The number of hydrogen-bond donors (Lipinski definition) is 0. The number of hydrogen-bond acceptors (Lipinski definition) is 1. The van der Waals surface area contributed by atoms with E-state index >= 15 is 0 Å². The molecule has 0 amide bonds. The minimum Gasteiger partial charge on any atom is -0.363 e. The molecule has 0 spiro atoms. The van der Waals surface area contributed by atoms with Crippen LogP contribution in [0.3, 0.4) is 0 Å². The van der Waals surface area contributed by atoms with Gasteiger partial charge in [0.15, 0.2) is 0 Å². The van der Waals surface area contributed by atoms with Gasteiger partial charge in [-0.05, 0) is 62.2 Å². The van der Waals surface area contributed by atoms with Gasteiger partial charge < -0.3 is 4.90 Å². The van der Waals surface area contributed by atoms with Gasteiger partial charge in [0, 0.05) is 18.5 Å². The summed E-state index contributed by atoms with van der Waals surface area (Å²) in [5.74, 6) is 4.16. The molecule has 1 nitrogen and oxygen atoms in total. The summed E-state index contributed by atoms with van der Waals surface area (Å²) in [7, 11) is 6.59. The molecule has 0 aromatic rings. The molecule has 128 valence electrons. The van der Waals surface area contributed by atoms with Crippen LogP contribution in [0.2, 0.25) is 5.82 Å². The van der Waals surface area contributed by atoms with Crippen molar-refractivity contribution in [2.45, 2.75) is 78.6 Å². The molecule has 6 unspecified atom stereocenters. The Bertz CT molecular complexity index is 463.